The molecule has 18 N–H and O–H groups in total. The second-order valence-corrected chi connectivity index (χ2v) is 11.2. The van der Waals surface area contributed by atoms with E-state index in [0.717, 1.165) is 0 Å². The van der Waals surface area contributed by atoms with Crippen molar-refractivity contribution in [2.45, 2.75) is 123 Å². The van der Waals surface area contributed by atoms with Crippen LogP contribution >= 0.6 is 0 Å². The molecular weight excluding hydrogens is 570 g/mol. The monoisotopic (exact) mass is 615 g/mol. The van der Waals surface area contributed by atoms with Crippen molar-refractivity contribution in [3.63, 3.8) is 0 Å². The van der Waals surface area contributed by atoms with Gasteiger partial charge in [0.15, 0.2) is 18.9 Å². The Labute approximate surface area is 240 Å². The van der Waals surface area contributed by atoms with Crippen LogP contribution in [0.5, 0.6) is 0 Å². The maximum absolute atomic E-state index is 11.1. The highest BCUT2D eigenvalue weighted by Crippen LogP contribution is 2.34. The molecule has 3 aliphatic heterocycles. The van der Waals surface area contributed by atoms with E-state index < -0.39 is 129 Å². The molecule has 0 bridgehead atoms. The number of aliphatic hydroxyl groups is 8. The molecule has 0 aromatic rings. The highest BCUT2D eigenvalue weighted by atomic mass is 16.8. The summed E-state index contributed by atoms with van der Waals surface area (Å²) in [5.41, 5.74) is 29.9. The van der Waals surface area contributed by atoms with Crippen molar-refractivity contribution in [3.05, 3.63) is 0 Å². The number of hydrogen-bond acceptors (Lipinski definition) is 19. The summed E-state index contributed by atoms with van der Waals surface area (Å²) in [4.78, 5) is 0. The van der Waals surface area contributed by atoms with Crippen LogP contribution in [0.25, 0.3) is 0 Å². The molecule has 0 spiro atoms. The van der Waals surface area contributed by atoms with Gasteiger partial charge in [-0.25, -0.2) is 0 Å². The van der Waals surface area contributed by atoms with E-state index in [4.69, 9.17) is 57.1 Å². The van der Waals surface area contributed by atoms with Crippen molar-refractivity contribution in [2.75, 3.05) is 19.8 Å². The molecule has 10 unspecified atom stereocenters. The third-order valence-electron chi connectivity index (χ3n) is 8.32. The van der Waals surface area contributed by atoms with E-state index in [-0.39, 0.29) is 13.0 Å². The van der Waals surface area contributed by atoms with E-state index in [2.05, 4.69) is 0 Å². The second-order valence-electron chi connectivity index (χ2n) is 11.2. The lowest BCUT2D eigenvalue weighted by Gasteiger charge is -2.47. The fourth-order valence-electron chi connectivity index (χ4n) is 5.70. The lowest BCUT2D eigenvalue weighted by molar-refractivity contribution is -0.310. The average Bonchev–Trinajstić information content (AvgIpc) is 3.27. The minimum atomic E-state index is -1.62. The Morgan fingerprint density at radius 1 is 0.524 bits per heavy atom. The van der Waals surface area contributed by atoms with Crippen LogP contribution in [0.3, 0.4) is 0 Å². The average molecular weight is 616 g/mol. The summed E-state index contributed by atoms with van der Waals surface area (Å²) in [6.07, 6.45) is -20.5. The van der Waals surface area contributed by atoms with Gasteiger partial charge in [0.1, 0.15) is 67.1 Å². The van der Waals surface area contributed by atoms with Crippen molar-refractivity contribution >= 4 is 0 Å². The first-order chi connectivity index (χ1) is 19.8. The van der Waals surface area contributed by atoms with Gasteiger partial charge in [-0.05, 0) is 6.42 Å². The fourth-order valence-corrected chi connectivity index (χ4v) is 5.70. The van der Waals surface area contributed by atoms with Crippen LogP contribution in [0.4, 0.5) is 0 Å². The highest BCUT2D eigenvalue weighted by molar-refractivity contribution is 5.02. The quantitative estimate of drug-likeness (QED) is 0.114. The first-order valence-electron chi connectivity index (χ1n) is 13.8. The molecule has 4 rings (SSSR count). The molecule has 19 heteroatoms. The zero-order valence-electron chi connectivity index (χ0n) is 22.7. The zero-order chi connectivity index (χ0) is 31.0. The maximum atomic E-state index is 11.1. The van der Waals surface area contributed by atoms with Gasteiger partial charge in [-0.2, -0.15) is 0 Å². The fraction of sp³-hybridized carbons (Fsp3) is 1.00. The first-order valence-corrected chi connectivity index (χ1v) is 13.8. The van der Waals surface area contributed by atoms with Crippen LogP contribution in [0, 0.1) is 0 Å². The lowest BCUT2D eigenvalue weighted by atomic mass is 9.84. The molecule has 42 heavy (non-hydrogen) atoms. The lowest BCUT2D eigenvalue weighted by Crippen LogP contribution is -2.68. The summed E-state index contributed by atoms with van der Waals surface area (Å²) < 4.78 is 34.4. The van der Waals surface area contributed by atoms with Crippen LogP contribution in [-0.4, -0.2) is 177 Å². The molecule has 4 fully saturated rings. The third kappa shape index (κ3) is 6.60. The van der Waals surface area contributed by atoms with Gasteiger partial charge in [0, 0.05) is 18.6 Å². The summed E-state index contributed by atoms with van der Waals surface area (Å²) in [6.45, 7) is -1.49. The maximum Gasteiger partial charge on any atom is 0.187 e. The number of hydrogen-bond donors (Lipinski definition) is 13. The molecule has 1 aliphatic carbocycles. The van der Waals surface area contributed by atoms with Crippen LogP contribution in [-0.2, 0) is 28.4 Å². The summed E-state index contributed by atoms with van der Waals surface area (Å²) in [6, 6.07) is -4.30. The Morgan fingerprint density at radius 3 is 1.55 bits per heavy atom. The molecule has 0 aromatic heterocycles. The van der Waals surface area contributed by atoms with Gasteiger partial charge in [0.2, 0.25) is 0 Å². The molecule has 246 valence electrons. The summed E-state index contributed by atoms with van der Waals surface area (Å²) in [5, 5.41) is 82.3. The van der Waals surface area contributed by atoms with Crippen molar-refractivity contribution in [1.29, 1.82) is 0 Å². The molecule has 19 nitrogen and oxygen atoms in total. The molecule has 3 saturated heterocycles. The number of ether oxygens (including phenoxy) is 6. The van der Waals surface area contributed by atoms with Crippen molar-refractivity contribution in [1.82, 2.24) is 0 Å². The van der Waals surface area contributed by atoms with Gasteiger partial charge in [-0.3, -0.25) is 0 Å². The van der Waals surface area contributed by atoms with Crippen LogP contribution < -0.4 is 28.7 Å². The second kappa shape index (κ2) is 14.1. The Balaban J connectivity index is 1.50. The SMILES string of the molecule is NC[C@@H]1O[C@H](OC2C(CO)OC(O[C@@H]3C(O)[C@H](N)CC(N)[C@@H]3O[C@@H]3OC(CO)[C@H](O)[C@H](O)C3N)C2O)C(N)C(O)[C@@H]1O. The zero-order valence-corrected chi connectivity index (χ0v) is 22.7. The predicted octanol–water partition coefficient (Wildman–Crippen LogP) is -8.86. The third-order valence-corrected chi connectivity index (χ3v) is 8.32. The molecular formula is C23H45N5O14. The molecule has 0 radical (unpaired) electrons. The van der Waals surface area contributed by atoms with Gasteiger partial charge in [0.25, 0.3) is 0 Å². The van der Waals surface area contributed by atoms with Crippen LogP contribution in [0.2, 0.25) is 0 Å². The van der Waals surface area contributed by atoms with Gasteiger partial charge < -0.3 is 97.9 Å². The van der Waals surface area contributed by atoms with Crippen molar-refractivity contribution < 1.29 is 69.3 Å². The first kappa shape index (κ1) is 34.1. The van der Waals surface area contributed by atoms with Gasteiger partial charge in [0.05, 0.1) is 31.4 Å². The van der Waals surface area contributed by atoms with E-state index in [1.807, 2.05) is 0 Å². The van der Waals surface area contributed by atoms with Crippen LogP contribution in [0.1, 0.15) is 6.42 Å². The summed E-state index contributed by atoms with van der Waals surface area (Å²) >= 11 is 0. The number of nitrogens with two attached hydrogens (primary N) is 5. The van der Waals surface area contributed by atoms with E-state index in [1.54, 1.807) is 0 Å². The molecule has 3 heterocycles. The molecule has 1 saturated carbocycles. The number of rotatable bonds is 9. The van der Waals surface area contributed by atoms with E-state index in [0.29, 0.717) is 0 Å². The minimum Gasteiger partial charge on any atom is -0.394 e. The predicted molar refractivity (Wildman–Crippen MR) is 136 cm³/mol. The van der Waals surface area contributed by atoms with E-state index >= 15 is 0 Å². The molecule has 4 aliphatic rings. The van der Waals surface area contributed by atoms with Gasteiger partial charge in [-0.15, -0.1) is 0 Å². The standard InChI is InChI=1S/C23H45N5O14/c24-2-7-13(32)15(34)10(27)21(37-7)41-19-9(4-30)39-23(17(19)36)42-20-12(31)5(25)1-6(26)18(20)40-22-11(28)16(35)14(33)8(3-29)38-22/h5-23,29-36H,1-4,24-28H2/t5-,6?,7+,8?,9?,10?,11?,12?,13-,14+,15?,16-,17?,18+,19?,20-,21-,22+,23?/m1/s1. The Kier molecular flexibility index (Phi) is 11.5. The van der Waals surface area contributed by atoms with Crippen molar-refractivity contribution in [3.8, 4) is 0 Å². The largest absolute Gasteiger partial charge is 0.394 e. The van der Waals surface area contributed by atoms with Crippen molar-refractivity contribution in [2.24, 2.45) is 28.7 Å². The summed E-state index contributed by atoms with van der Waals surface area (Å²) in [5.74, 6) is 0. The van der Waals surface area contributed by atoms with E-state index in [1.165, 1.54) is 0 Å². The Bertz CT molecular complexity index is 866. The van der Waals surface area contributed by atoms with Crippen LogP contribution in [0.15, 0.2) is 0 Å². The summed E-state index contributed by atoms with van der Waals surface area (Å²) in [7, 11) is 0. The Hall–Kier alpha value is -0.760. The topological polar surface area (TPSA) is 347 Å². The molecule has 19 atom stereocenters. The normalized spacial score (nSPS) is 53.8. The highest BCUT2D eigenvalue weighted by Gasteiger charge is 2.54. The minimum absolute atomic E-state index is 0.0642. The van der Waals surface area contributed by atoms with E-state index in [9.17, 15) is 40.9 Å². The van der Waals surface area contributed by atoms with Gasteiger partial charge in [-0.1, -0.05) is 0 Å². The Morgan fingerprint density at radius 2 is 1.00 bits per heavy atom. The molecule has 0 aromatic carbocycles. The van der Waals surface area contributed by atoms with Gasteiger partial charge >= 0.3 is 0 Å². The number of aliphatic hydroxyl groups excluding tert-OH is 8. The molecule has 0 amide bonds. The smallest absolute Gasteiger partial charge is 0.187 e.